The van der Waals surface area contributed by atoms with E-state index >= 15 is 0 Å². The summed E-state index contributed by atoms with van der Waals surface area (Å²) in [6, 6.07) is 18.3. The topological polar surface area (TPSA) is 33.0 Å². The van der Waals surface area contributed by atoms with Crippen LogP contribution in [0.3, 0.4) is 0 Å². The van der Waals surface area contributed by atoms with E-state index in [9.17, 15) is 5.26 Å². The van der Waals surface area contributed by atoms with Gasteiger partial charge >= 0.3 is 6.19 Å². The lowest BCUT2D eigenvalue weighted by atomic mass is 10.00. The van der Waals surface area contributed by atoms with Crippen molar-refractivity contribution in [2.24, 2.45) is 0 Å². The van der Waals surface area contributed by atoms with Crippen LogP contribution < -0.4 is 0 Å². The summed E-state index contributed by atoms with van der Waals surface area (Å²) in [6.45, 7) is 1.80. The standard InChI is InChI=1S/C17H17N2O/c18-14-19(20-13-15-6-2-1-3-7-15)11-10-16-8-4-5-9-17(16)12-19/h1-9H,10-13H2/q+1. The minimum atomic E-state index is 0.0475. The second-order valence-electron chi connectivity index (χ2n) is 5.15. The van der Waals surface area contributed by atoms with E-state index in [0.29, 0.717) is 19.7 Å². The first kappa shape index (κ1) is 12.9. The number of fused-ring (bicyclic) bond motifs is 1. The Morgan fingerprint density at radius 1 is 1.00 bits per heavy atom. The van der Waals surface area contributed by atoms with Crippen LogP contribution in [0.4, 0.5) is 0 Å². The molecule has 2 aromatic carbocycles. The van der Waals surface area contributed by atoms with Gasteiger partial charge in [-0.1, -0.05) is 59.2 Å². The van der Waals surface area contributed by atoms with Gasteiger partial charge in [0.25, 0.3) is 0 Å². The third-order valence-electron chi connectivity index (χ3n) is 3.79. The van der Waals surface area contributed by atoms with E-state index in [1.165, 1.54) is 11.1 Å². The first-order valence-corrected chi connectivity index (χ1v) is 6.85. The number of nitrogens with zero attached hydrogens (tertiary/aromatic N) is 2. The zero-order valence-electron chi connectivity index (χ0n) is 11.3. The van der Waals surface area contributed by atoms with Gasteiger partial charge in [0.15, 0.2) is 6.54 Å². The summed E-state index contributed by atoms with van der Waals surface area (Å²) in [5.41, 5.74) is 3.65. The SMILES string of the molecule is N#C[N+]1(OCc2ccccc2)CCc2ccccc2C1. The van der Waals surface area contributed by atoms with Crippen LogP contribution in [0.1, 0.15) is 16.7 Å². The maximum absolute atomic E-state index is 9.54. The highest BCUT2D eigenvalue weighted by Crippen LogP contribution is 2.25. The first-order chi connectivity index (χ1) is 9.81. The molecule has 3 heteroatoms. The lowest BCUT2D eigenvalue weighted by Gasteiger charge is -2.31. The predicted octanol–water partition coefficient (Wildman–Crippen LogP) is 3.17. The second-order valence-corrected chi connectivity index (χ2v) is 5.15. The highest BCUT2D eigenvalue weighted by Gasteiger charge is 2.35. The number of rotatable bonds is 3. The van der Waals surface area contributed by atoms with Gasteiger partial charge in [-0.25, -0.2) is 0 Å². The van der Waals surface area contributed by atoms with Crippen molar-refractivity contribution < 1.29 is 9.48 Å². The number of quaternary nitrogens is 1. The largest absolute Gasteiger partial charge is 0.345 e. The van der Waals surface area contributed by atoms with Crippen LogP contribution in [-0.2, 0) is 24.4 Å². The number of hydrogen-bond donors (Lipinski definition) is 0. The van der Waals surface area contributed by atoms with Gasteiger partial charge < -0.3 is 0 Å². The quantitative estimate of drug-likeness (QED) is 0.631. The molecule has 0 spiro atoms. The van der Waals surface area contributed by atoms with Crippen molar-refractivity contribution >= 4 is 0 Å². The summed E-state index contributed by atoms with van der Waals surface area (Å²) in [7, 11) is 0. The Hall–Kier alpha value is -2.15. The molecule has 1 heterocycles. The van der Waals surface area contributed by atoms with Gasteiger partial charge in [0.05, 0.1) is 0 Å². The molecule has 1 aliphatic rings. The highest BCUT2D eigenvalue weighted by molar-refractivity contribution is 5.27. The molecule has 100 valence electrons. The molecular formula is C17H17N2O+. The molecule has 0 aromatic heterocycles. The van der Waals surface area contributed by atoms with Crippen LogP contribution in [0.15, 0.2) is 54.6 Å². The molecule has 1 atom stereocenters. The molecule has 20 heavy (non-hydrogen) atoms. The van der Waals surface area contributed by atoms with Crippen LogP contribution in [0.5, 0.6) is 0 Å². The van der Waals surface area contributed by atoms with Gasteiger partial charge in [0.2, 0.25) is 0 Å². The molecule has 0 saturated heterocycles. The highest BCUT2D eigenvalue weighted by atomic mass is 16.7. The van der Waals surface area contributed by atoms with Gasteiger partial charge in [0, 0.05) is 12.0 Å². The molecule has 0 aliphatic carbocycles. The molecule has 1 unspecified atom stereocenters. The Morgan fingerprint density at radius 3 is 2.45 bits per heavy atom. The van der Waals surface area contributed by atoms with E-state index < -0.39 is 0 Å². The summed E-state index contributed by atoms with van der Waals surface area (Å²) < 4.78 is 0.0475. The Morgan fingerprint density at radius 2 is 1.70 bits per heavy atom. The number of benzene rings is 2. The van der Waals surface area contributed by atoms with Crippen LogP contribution in [0.25, 0.3) is 0 Å². The van der Waals surface area contributed by atoms with Gasteiger partial charge in [-0.2, -0.15) is 4.84 Å². The van der Waals surface area contributed by atoms with Crippen molar-refractivity contribution in [3.8, 4) is 6.19 Å². The summed E-state index contributed by atoms with van der Waals surface area (Å²) in [5, 5.41) is 9.54. The monoisotopic (exact) mass is 265 g/mol. The number of nitriles is 1. The minimum absolute atomic E-state index is 0.0475. The summed E-state index contributed by atoms with van der Waals surface area (Å²) in [5.74, 6) is 0. The molecule has 0 N–H and O–H groups in total. The maximum Gasteiger partial charge on any atom is 0.345 e. The lowest BCUT2D eigenvalue weighted by Crippen LogP contribution is -2.46. The van der Waals surface area contributed by atoms with Gasteiger partial charge in [0.1, 0.15) is 13.2 Å². The first-order valence-electron chi connectivity index (χ1n) is 6.85. The number of hydrogen-bond acceptors (Lipinski definition) is 2. The van der Waals surface area contributed by atoms with Crippen molar-refractivity contribution in [2.75, 3.05) is 6.54 Å². The zero-order valence-corrected chi connectivity index (χ0v) is 11.3. The predicted molar refractivity (Wildman–Crippen MR) is 75.8 cm³/mol. The fraction of sp³-hybridized carbons (Fsp3) is 0.235. The molecule has 0 saturated carbocycles. The molecule has 3 rings (SSSR count). The van der Waals surface area contributed by atoms with Crippen molar-refractivity contribution in [1.82, 2.24) is 0 Å². The summed E-state index contributed by atoms with van der Waals surface area (Å²) in [6.07, 6.45) is 3.23. The van der Waals surface area contributed by atoms with Crippen molar-refractivity contribution in [1.29, 1.82) is 5.26 Å². The lowest BCUT2D eigenvalue weighted by molar-refractivity contribution is -1.07. The van der Waals surface area contributed by atoms with Gasteiger partial charge in [-0.3, -0.25) is 0 Å². The Balaban J connectivity index is 1.75. The molecule has 1 aliphatic heterocycles. The average Bonchev–Trinajstić information content (AvgIpc) is 2.54. The second kappa shape index (κ2) is 5.46. The molecule has 0 radical (unpaired) electrons. The summed E-state index contributed by atoms with van der Waals surface area (Å²) in [4.78, 5) is 5.94. The van der Waals surface area contributed by atoms with Crippen molar-refractivity contribution in [2.45, 2.75) is 19.6 Å². The Labute approximate surface area is 119 Å². The summed E-state index contributed by atoms with van der Waals surface area (Å²) >= 11 is 0. The van der Waals surface area contributed by atoms with E-state index in [0.717, 1.165) is 12.0 Å². The molecule has 0 bridgehead atoms. The molecule has 0 amide bonds. The Bertz CT molecular complexity index is 633. The van der Waals surface area contributed by atoms with Crippen LogP contribution >= 0.6 is 0 Å². The van der Waals surface area contributed by atoms with Gasteiger partial charge in [-0.05, 0) is 11.1 Å². The molecule has 3 nitrogen and oxygen atoms in total. The van der Waals surface area contributed by atoms with E-state index in [4.69, 9.17) is 4.84 Å². The van der Waals surface area contributed by atoms with E-state index in [-0.39, 0.29) is 4.65 Å². The maximum atomic E-state index is 9.54. The smallest absolute Gasteiger partial charge is 0.182 e. The normalized spacial score (nSPS) is 20.9. The zero-order chi connectivity index (χ0) is 13.8. The average molecular weight is 265 g/mol. The fourth-order valence-electron chi connectivity index (χ4n) is 2.61. The van der Waals surface area contributed by atoms with Crippen LogP contribution in [-0.4, -0.2) is 11.2 Å². The van der Waals surface area contributed by atoms with Crippen LogP contribution in [0, 0.1) is 11.5 Å². The van der Waals surface area contributed by atoms with Gasteiger partial charge in [-0.15, -0.1) is 5.26 Å². The molecule has 2 aromatic rings. The number of hydroxylamine groups is 3. The van der Waals surface area contributed by atoms with Crippen molar-refractivity contribution in [3.63, 3.8) is 0 Å². The minimum Gasteiger partial charge on any atom is -0.182 e. The van der Waals surface area contributed by atoms with E-state index in [2.05, 4.69) is 24.4 Å². The fourth-order valence-corrected chi connectivity index (χ4v) is 2.61. The van der Waals surface area contributed by atoms with Crippen LogP contribution in [0.2, 0.25) is 0 Å². The van der Waals surface area contributed by atoms with E-state index in [1.54, 1.807) is 0 Å². The molecule has 0 fully saturated rings. The Kier molecular flexibility index (Phi) is 3.51. The van der Waals surface area contributed by atoms with E-state index in [1.807, 2.05) is 36.4 Å². The third kappa shape index (κ3) is 2.57. The molecular weight excluding hydrogens is 248 g/mol. The third-order valence-corrected chi connectivity index (χ3v) is 3.79. The van der Waals surface area contributed by atoms with Crippen molar-refractivity contribution in [3.05, 3.63) is 71.3 Å².